The zero-order chi connectivity index (χ0) is 13.4. The number of nitrogens with zero attached hydrogens (tertiary/aromatic N) is 2. The number of Topliss-reactive ketones (excluding diaryl/α,β-unsaturated/α-hetero) is 1. The number of aromatic nitrogens is 2. The zero-order valence-electron chi connectivity index (χ0n) is 10.2. The third-order valence-corrected chi connectivity index (χ3v) is 3.32. The highest BCUT2D eigenvalue weighted by Crippen LogP contribution is 2.21. The van der Waals surface area contributed by atoms with E-state index < -0.39 is 11.6 Å². The van der Waals surface area contributed by atoms with Gasteiger partial charge in [0.05, 0.1) is 18.3 Å². The van der Waals surface area contributed by atoms with Crippen LogP contribution in [0.1, 0.15) is 34.5 Å². The van der Waals surface area contributed by atoms with Crippen LogP contribution in [0, 0.1) is 11.6 Å². The fourth-order valence-electron chi connectivity index (χ4n) is 2.47. The molecule has 3 nitrogen and oxygen atoms in total. The number of ketones is 1. The molecule has 1 heterocycles. The van der Waals surface area contributed by atoms with E-state index in [4.69, 9.17) is 0 Å². The molecule has 1 aromatic carbocycles. The van der Waals surface area contributed by atoms with Gasteiger partial charge in [-0.05, 0) is 30.5 Å². The fraction of sp³-hybridized carbons (Fsp3) is 0.286. The number of hydrogen-bond acceptors (Lipinski definition) is 2. The lowest BCUT2D eigenvalue weighted by Gasteiger charge is -2.13. The van der Waals surface area contributed by atoms with Gasteiger partial charge in [-0.3, -0.25) is 9.48 Å². The van der Waals surface area contributed by atoms with Crippen molar-refractivity contribution in [3.63, 3.8) is 0 Å². The van der Waals surface area contributed by atoms with Crippen molar-refractivity contribution in [2.45, 2.75) is 25.8 Å². The molecule has 98 valence electrons. The second-order valence-electron chi connectivity index (χ2n) is 4.72. The molecule has 0 spiro atoms. The first kappa shape index (κ1) is 12.0. The molecule has 0 amide bonds. The average molecular weight is 262 g/mol. The quantitative estimate of drug-likeness (QED) is 0.834. The van der Waals surface area contributed by atoms with E-state index in [1.165, 1.54) is 12.1 Å². The highest BCUT2D eigenvalue weighted by atomic mass is 19.1. The Kier molecular flexibility index (Phi) is 2.89. The molecular formula is C14H12F2N2O. The molecule has 5 heteroatoms. The Bertz CT molecular complexity index is 629. The molecule has 1 aromatic heterocycles. The fourth-order valence-corrected chi connectivity index (χ4v) is 2.47. The molecule has 2 aromatic rings. The minimum Gasteiger partial charge on any atom is -0.294 e. The summed E-state index contributed by atoms with van der Waals surface area (Å²) in [6.07, 6.45) is 3.67. The molecule has 1 aliphatic rings. The van der Waals surface area contributed by atoms with Crippen molar-refractivity contribution in [3.05, 3.63) is 52.9 Å². The summed E-state index contributed by atoms with van der Waals surface area (Å²) in [5.74, 6) is -1.11. The number of rotatable bonds is 2. The Morgan fingerprint density at radius 2 is 1.89 bits per heavy atom. The lowest BCUT2D eigenvalue weighted by molar-refractivity contribution is 0.0972. The summed E-state index contributed by atoms with van der Waals surface area (Å²) in [6, 6.07) is 3.40. The van der Waals surface area contributed by atoms with Crippen LogP contribution < -0.4 is 0 Å². The van der Waals surface area contributed by atoms with Crippen LogP contribution in [0.4, 0.5) is 8.78 Å². The molecule has 0 saturated heterocycles. The van der Waals surface area contributed by atoms with Crippen LogP contribution in [0.15, 0.2) is 24.4 Å². The van der Waals surface area contributed by atoms with Gasteiger partial charge in [-0.15, -0.1) is 0 Å². The first-order valence-electron chi connectivity index (χ1n) is 6.16. The molecule has 1 aliphatic carbocycles. The van der Waals surface area contributed by atoms with E-state index in [-0.39, 0.29) is 12.3 Å². The van der Waals surface area contributed by atoms with E-state index in [1.54, 1.807) is 10.9 Å². The van der Waals surface area contributed by atoms with Crippen LogP contribution in [0.5, 0.6) is 0 Å². The minimum atomic E-state index is -0.605. The molecule has 0 atom stereocenters. The predicted molar refractivity (Wildman–Crippen MR) is 65.0 cm³/mol. The Hall–Kier alpha value is -2.04. The van der Waals surface area contributed by atoms with Crippen molar-refractivity contribution in [2.24, 2.45) is 0 Å². The second-order valence-corrected chi connectivity index (χ2v) is 4.72. The van der Waals surface area contributed by atoms with Crippen LogP contribution in [0.3, 0.4) is 0 Å². The standard InChI is InChI=1S/C14H12F2N2O/c15-10-4-9(5-11(16)6-10)8-18-13-2-1-3-14(19)12(13)7-17-18/h4-7H,1-3,8H2. The lowest BCUT2D eigenvalue weighted by Crippen LogP contribution is -2.14. The normalized spacial score (nSPS) is 14.5. The molecule has 0 fully saturated rings. The number of hydrogen-bond donors (Lipinski definition) is 0. The molecule has 0 aliphatic heterocycles. The third-order valence-electron chi connectivity index (χ3n) is 3.32. The zero-order valence-corrected chi connectivity index (χ0v) is 10.2. The van der Waals surface area contributed by atoms with Crippen molar-refractivity contribution in [1.29, 1.82) is 0 Å². The van der Waals surface area contributed by atoms with E-state index in [0.29, 0.717) is 17.5 Å². The second kappa shape index (κ2) is 4.57. The topological polar surface area (TPSA) is 34.9 Å². The van der Waals surface area contributed by atoms with E-state index in [0.717, 1.165) is 24.6 Å². The Morgan fingerprint density at radius 3 is 2.63 bits per heavy atom. The van der Waals surface area contributed by atoms with E-state index in [9.17, 15) is 13.6 Å². The largest absolute Gasteiger partial charge is 0.294 e. The first-order chi connectivity index (χ1) is 9.13. The number of fused-ring (bicyclic) bond motifs is 1. The number of halogens is 2. The summed E-state index contributed by atoms with van der Waals surface area (Å²) in [6.45, 7) is 0.275. The van der Waals surface area contributed by atoms with Gasteiger partial charge < -0.3 is 0 Å². The summed E-state index contributed by atoms with van der Waals surface area (Å²) in [7, 11) is 0. The average Bonchev–Trinajstić information content (AvgIpc) is 2.73. The molecular weight excluding hydrogens is 250 g/mol. The maximum atomic E-state index is 13.1. The van der Waals surface area contributed by atoms with Crippen molar-refractivity contribution < 1.29 is 13.6 Å². The SMILES string of the molecule is O=C1CCCc2c1cnn2Cc1cc(F)cc(F)c1. The molecule has 0 radical (unpaired) electrons. The van der Waals surface area contributed by atoms with E-state index in [1.807, 2.05) is 0 Å². The molecule has 0 saturated carbocycles. The van der Waals surface area contributed by atoms with Gasteiger partial charge in [-0.1, -0.05) is 0 Å². The monoisotopic (exact) mass is 262 g/mol. The van der Waals surface area contributed by atoms with Crippen molar-refractivity contribution in [2.75, 3.05) is 0 Å². The van der Waals surface area contributed by atoms with Gasteiger partial charge in [0.25, 0.3) is 0 Å². The van der Waals surface area contributed by atoms with Gasteiger partial charge in [0, 0.05) is 18.2 Å². The van der Waals surface area contributed by atoms with Crippen LogP contribution in [-0.2, 0) is 13.0 Å². The lowest BCUT2D eigenvalue weighted by atomic mass is 9.97. The van der Waals surface area contributed by atoms with Crippen LogP contribution >= 0.6 is 0 Å². The summed E-state index contributed by atoms with van der Waals surface area (Å²) < 4.78 is 27.9. The Morgan fingerprint density at radius 1 is 1.16 bits per heavy atom. The van der Waals surface area contributed by atoms with Gasteiger partial charge in [0.1, 0.15) is 11.6 Å². The summed E-state index contributed by atoms with van der Waals surface area (Å²) in [5.41, 5.74) is 2.01. The molecule has 19 heavy (non-hydrogen) atoms. The number of benzene rings is 1. The number of carbonyl (C=O) groups is 1. The predicted octanol–water partition coefficient (Wildman–Crippen LogP) is 2.73. The molecule has 3 rings (SSSR count). The third kappa shape index (κ3) is 2.28. The van der Waals surface area contributed by atoms with Crippen LogP contribution in [-0.4, -0.2) is 15.6 Å². The van der Waals surface area contributed by atoms with E-state index >= 15 is 0 Å². The number of carbonyl (C=O) groups excluding carboxylic acids is 1. The summed E-state index contributed by atoms with van der Waals surface area (Å²) >= 11 is 0. The van der Waals surface area contributed by atoms with Gasteiger partial charge >= 0.3 is 0 Å². The highest BCUT2D eigenvalue weighted by Gasteiger charge is 2.21. The van der Waals surface area contributed by atoms with Crippen LogP contribution in [0.25, 0.3) is 0 Å². The summed E-state index contributed by atoms with van der Waals surface area (Å²) in [5, 5.41) is 4.15. The molecule has 0 bridgehead atoms. The van der Waals surface area contributed by atoms with Crippen molar-refractivity contribution >= 4 is 5.78 Å². The van der Waals surface area contributed by atoms with Gasteiger partial charge in [-0.25, -0.2) is 8.78 Å². The maximum absolute atomic E-state index is 13.1. The van der Waals surface area contributed by atoms with Gasteiger partial charge in [0.2, 0.25) is 0 Å². The smallest absolute Gasteiger partial charge is 0.166 e. The maximum Gasteiger partial charge on any atom is 0.166 e. The first-order valence-corrected chi connectivity index (χ1v) is 6.16. The molecule has 0 unspecified atom stereocenters. The summed E-state index contributed by atoms with van der Waals surface area (Å²) in [4.78, 5) is 11.7. The highest BCUT2D eigenvalue weighted by molar-refractivity contribution is 5.97. The Balaban J connectivity index is 1.93. The van der Waals surface area contributed by atoms with Gasteiger partial charge in [-0.2, -0.15) is 5.10 Å². The van der Waals surface area contributed by atoms with Crippen molar-refractivity contribution in [3.8, 4) is 0 Å². The minimum absolute atomic E-state index is 0.0953. The van der Waals surface area contributed by atoms with Crippen LogP contribution in [0.2, 0.25) is 0 Å². The van der Waals surface area contributed by atoms with Gasteiger partial charge in [0.15, 0.2) is 5.78 Å². The molecule has 0 N–H and O–H groups in total. The van der Waals surface area contributed by atoms with Crippen molar-refractivity contribution in [1.82, 2.24) is 9.78 Å². The van der Waals surface area contributed by atoms with E-state index in [2.05, 4.69) is 5.10 Å². The Labute approximate surface area is 108 Å².